The minimum Gasteiger partial charge on any atom is -0.312 e. The Balaban J connectivity index is 1.66. The molecule has 27 heavy (non-hydrogen) atoms. The number of Topliss-reactive ketones (excluding diaryl/α,β-unsaturated/α-hetero) is 1. The number of ketones is 1. The Morgan fingerprint density at radius 2 is 1.70 bits per heavy atom. The fourth-order valence-corrected chi connectivity index (χ4v) is 3.85. The van der Waals surface area contributed by atoms with Crippen molar-refractivity contribution >= 4 is 27.4 Å². The van der Waals surface area contributed by atoms with E-state index in [4.69, 9.17) is 0 Å². The summed E-state index contributed by atoms with van der Waals surface area (Å²) in [4.78, 5) is 25.6. The number of amides is 1. The smallest absolute Gasteiger partial charge is 0.240 e. The van der Waals surface area contributed by atoms with Gasteiger partial charge in [-0.15, -0.1) is 0 Å². The number of benzene rings is 2. The molecule has 1 amide bonds. The van der Waals surface area contributed by atoms with Crippen LogP contribution in [-0.2, 0) is 14.8 Å². The van der Waals surface area contributed by atoms with Gasteiger partial charge in [0.15, 0.2) is 5.78 Å². The lowest BCUT2D eigenvalue weighted by atomic mass is 10.1. The molecule has 0 spiro atoms. The number of rotatable bonds is 6. The summed E-state index contributed by atoms with van der Waals surface area (Å²) in [7, 11) is -3.88. The first kappa shape index (κ1) is 19.2. The van der Waals surface area contributed by atoms with Crippen molar-refractivity contribution in [1.29, 1.82) is 0 Å². The van der Waals surface area contributed by atoms with Crippen LogP contribution < -0.4 is 9.62 Å². The van der Waals surface area contributed by atoms with Crippen molar-refractivity contribution in [3.05, 3.63) is 59.9 Å². The van der Waals surface area contributed by atoms with E-state index in [-0.39, 0.29) is 16.4 Å². The lowest BCUT2D eigenvalue weighted by Gasteiger charge is -2.26. The van der Waals surface area contributed by atoms with Gasteiger partial charge in [0.2, 0.25) is 15.9 Å². The molecule has 0 bridgehead atoms. The number of sulfonamides is 1. The summed E-state index contributed by atoms with van der Waals surface area (Å²) < 4.78 is 39.9. The number of anilines is 1. The van der Waals surface area contributed by atoms with Gasteiger partial charge in [-0.25, -0.2) is 17.5 Å². The van der Waals surface area contributed by atoms with E-state index >= 15 is 0 Å². The van der Waals surface area contributed by atoms with Crippen molar-refractivity contribution in [2.24, 2.45) is 0 Å². The first-order chi connectivity index (χ1) is 12.9. The van der Waals surface area contributed by atoms with E-state index in [1.54, 1.807) is 17.0 Å². The van der Waals surface area contributed by atoms with Crippen LogP contribution in [0.5, 0.6) is 0 Å². The largest absolute Gasteiger partial charge is 0.312 e. The average Bonchev–Trinajstić information content (AvgIpc) is 2.67. The van der Waals surface area contributed by atoms with Crippen LogP contribution in [0.1, 0.15) is 29.6 Å². The molecule has 6 nitrogen and oxygen atoms in total. The van der Waals surface area contributed by atoms with Crippen molar-refractivity contribution < 1.29 is 22.4 Å². The molecular weight excluding hydrogens is 371 g/mol. The second kappa shape index (κ2) is 7.98. The van der Waals surface area contributed by atoms with Crippen molar-refractivity contribution in [2.45, 2.75) is 24.2 Å². The van der Waals surface area contributed by atoms with Crippen LogP contribution in [0.15, 0.2) is 53.4 Å². The summed E-state index contributed by atoms with van der Waals surface area (Å²) in [5.74, 6) is -0.909. The quantitative estimate of drug-likeness (QED) is 0.768. The Bertz CT molecular complexity index is 941. The van der Waals surface area contributed by atoms with E-state index < -0.39 is 28.2 Å². The van der Waals surface area contributed by atoms with Crippen molar-refractivity contribution in [3.8, 4) is 0 Å². The fraction of sp³-hybridized carbons (Fsp3) is 0.263. The predicted molar refractivity (Wildman–Crippen MR) is 98.6 cm³/mol. The highest BCUT2D eigenvalue weighted by atomic mass is 32.2. The fourth-order valence-electron chi connectivity index (χ4n) is 2.87. The summed E-state index contributed by atoms with van der Waals surface area (Å²) >= 11 is 0. The summed E-state index contributed by atoms with van der Waals surface area (Å²) in [6, 6.07) is 10.9. The summed E-state index contributed by atoms with van der Waals surface area (Å²) in [6.07, 6.45) is 2.28. The highest BCUT2D eigenvalue weighted by Gasteiger charge is 2.21. The molecule has 1 heterocycles. The van der Waals surface area contributed by atoms with Crippen LogP contribution in [0, 0.1) is 5.82 Å². The molecule has 3 rings (SSSR count). The Morgan fingerprint density at radius 3 is 2.33 bits per heavy atom. The van der Waals surface area contributed by atoms with Gasteiger partial charge in [-0.1, -0.05) is 0 Å². The zero-order valence-electron chi connectivity index (χ0n) is 14.5. The van der Waals surface area contributed by atoms with Crippen molar-refractivity contribution in [1.82, 2.24) is 4.72 Å². The van der Waals surface area contributed by atoms with E-state index in [1.165, 1.54) is 24.3 Å². The Kier molecular flexibility index (Phi) is 5.67. The van der Waals surface area contributed by atoms with Gasteiger partial charge in [0.1, 0.15) is 5.82 Å². The number of halogens is 1. The maximum Gasteiger partial charge on any atom is 0.240 e. The number of carbonyl (C=O) groups is 2. The molecule has 0 radical (unpaired) electrons. The van der Waals surface area contributed by atoms with Gasteiger partial charge < -0.3 is 4.90 Å². The van der Waals surface area contributed by atoms with Gasteiger partial charge in [-0.05, 0) is 61.4 Å². The summed E-state index contributed by atoms with van der Waals surface area (Å²) in [6.45, 7) is 0.190. The van der Waals surface area contributed by atoms with Gasteiger partial charge in [-0.2, -0.15) is 0 Å². The van der Waals surface area contributed by atoms with Crippen LogP contribution in [0.4, 0.5) is 10.1 Å². The molecule has 1 fully saturated rings. The molecule has 1 aliphatic rings. The topological polar surface area (TPSA) is 83.6 Å². The number of piperidine rings is 1. The van der Waals surface area contributed by atoms with Crippen molar-refractivity contribution in [3.63, 3.8) is 0 Å². The number of carbonyl (C=O) groups excluding carboxylic acids is 2. The van der Waals surface area contributed by atoms with E-state index in [1.807, 2.05) is 0 Å². The predicted octanol–water partition coefficient (Wildman–Crippen LogP) is 2.50. The van der Waals surface area contributed by atoms with Gasteiger partial charge >= 0.3 is 0 Å². The third kappa shape index (κ3) is 4.58. The minimum atomic E-state index is -3.88. The Labute approximate surface area is 157 Å². The summed E-state index contributed by atoms with van der Waals surface area (Å²) in [5, 5.41) is 0. The van der Waals surface area contributed by atoms with Gasteiger partial charge in [0, 0.05) is 24.2 Å². The van der Waals surface area contributed by atoms with Crippen LogP contribution in [-0.4, -0.2) is 33.2 Å². The van der Waals surface area contributed by atoms with Gasteiger partial charge in [0.05, 0.1) is 11.4 Å². The van der Waals surface area contributed by atoms with E-state index in [0.717, 1.165) is 25.0 Å². The molecule has 1 aliphatic heterocycles. The highest BCUT2D eigenvalue weighted by molar-refractivity contribution is 7.89. The van der Waals surface area contributed by atoms with Crippen LogP contribution in [0.2, 0.25) is 0 Å². The molecule has 8 heteroatoms. The molecule has 2 aromatic carbocycles. The standard InChI is InChI=1S/C19H19FN2O4S/c20-15-6-4-14(5-7-15)18(23)13-21-27(25,26)17-10-8-16(9-11-17)22-12-2-1-3-19(22)24/h4-11,21H,1-3,12-13H2. The highest BCUT2D eigenvalue weighted by Crippen LogP contribution is 2.22. The third-order valence-electron chi connectivity index (χ3n) is 4.37. The van der Waals surface area contributed by atoms with Gasteiger partial charge in [0.25, 0.3) is 0 Å². The van der Waals surface area contributed by atoms with E-state index in [2.05, 4.69) is 4.72 Å². The molecular formula is C19H19FN2O4S. The molecule has 0 saturated carbocycles. The maximum absolute atomic E-state index is 12.9. The number of hydrogen-bond donors (Lipinski definition) is 1. The second-order valence-corrected chi connectivity index (χ2v) is 8.02. The lowest BCUT2D eigenvalue weighted by Crippen LogP contribution is -2.35. The zero-order chi connectivity index (χ0) is 19.4. The molecule has 0 atom stereocenters. The number of hydrogen-bond acceptors (Lipinski definition) is 4. The summed E-state index contributed by atoms with van der Waals surface area (Å²) in [5.41, 5.74) is 0.874. The molecule has 0 unspecified atom stereocenters. The van der Waals surface area contributed by atoms with Crippen LogP contribution in [0.25, 0.3) is 0 Å². The second-order valence-electron chi connectivity index (χ2n) is 6.25. The number of nitrogens with one attached hydrogen (secondary N) is 1. The van der Waals surface area contributed by atoms with Crippen LogP contribution >= 0.6 is 0 Å². The molecule has 0 aliphatic carbocycles. The SMILES string of the molecule is O=C(CNS(=O)(=O)c1ccc(N2CCCCC2=O)cc1)c1ccc(F)cc1. The number of nitrogens with zero attached hydrogens (tertiary/aromatic N) is 1. The molecule has 1 N–H and O–H groups in total. The zero-order valence-corrected chi connectivity index (χ0v) is 15.3. The normalized spacial score (nSPS) is 15.0. The average molecular weight is 390 g/mol. The molecule has 1 saturated heterocycles. The van der Waals surface area contributed by atoms with Gasteiger partial charge in [-0.3, -0.25) is 9.59 Å². The molecule has 2 aromatic rings. The van der Waals surface area contributed by atoms with E-state index in [9.17, 15) is 22.4 Å². The van der Waals surface area contributed by atoms with Crippen LogP contribution in [0.3, 0.4) is 0 Å². The van der Waals surface area contributed by atoms with Crippen molar-refractivity contribution in [2.75, 3.05) is 18.0 Å². The monoisotopic (exact) mass is 390 g/mol. The maximum atomic E-state index is 12.9. The minimum absolute atomic E-state index is 0.00242. The Hall–Kier alpha value is -2.58. The first-order valence-electron chi connectivity index (χ1n) is 8.56. The van der Waals surface area contributed by atoms with E-state index in [0.29, 0.717) is 18.7 Å². The molecule has 142 valence electrons. The first-order valence-corrected chi connectivity index (χ1v) is 10.0. The third-order valence-corrected chi connectivity index (χ3v) is 5.79. The Morgan fingerprint density at radius 1 is 1.04 bits per heavy atom. The lowest BCUT2D eigenvalue weighted by molar-refractivity contribution is -0.119. The molecule has 0 aromatic heterocycles.